The fourth-order valence-corrected chi connectivity index (χ4v) is 2.02. The quantitative estimate of drug-likeness (QED) is 0.503. The summed E-state index contributed by atoms with van der Waals surface area (Å²) in [5.74, 6) is 0.989. The van der Waals surface area contributed by atoms with E-state index in [0.717, 1.165) is 12.2 Å². The van der Waals surface area contributed by atoms with Crippen molar-refractivity contribution in [3.05, 3.63) is 27.8 Å². The van der Waals surface area contributed by atoms with Gasteiger partial charge < -0.3 is 4.74 Å². The SMILES string of the molecule is CCCCCCC(C)Oc1ccc(I)cc1. The zero-order valence-electron chi connectivity index (χ0n) is 10.2. The molecule has 0 amide bonds. The first-order valence-corrected chi connectivity index (χ1v) is 7.22. The normalized spacial score (nSPS) is 12.4. The molecule has 16 heavy (non-hydrogen) atoms. The summed E-state index contributed by atoms with van der Waals surface area (Å²) in [6.07, 6.45) is 6.74. The molecule has 1 aromatic rings. The molecule has 0 fully saturated rings. The van der Waals surface area contributed by atoms with E-state index in [2.05, 4.69) is 48.6 Å². The van der Waals surface area contributed by atoms with E-state index in [-0.39, 0.29) is 0 Å². The molecule has 0 spiro atoms. The first-order valence-electron chi connectivity index (χ1n) is 6.14. The van der Waals surface area contributed by atoms with Crippen molar-refractivity contribution in [3.63, 3.8) is 0 Å². The van der Waals surface area contributed by atoms with Gasteiger partial charge in [-0.15, -0.1) is 0 Å². The second-order valence-corrected chi connectivity index (χ2v) is 5.48. The van der Waals surface area contributed by atoms with Crippen molar-refractivity contribution in [2.24, 2.45) is 0 Å². The molecule has 1 nitrogen and oxygen atoms in total. The fraction of sp³-hybridized carbons (Fsp3) is 0.571. The van der Waals surface area contributed by atoms with Gasteiger partial charge in [0.25, 0.3) is 0 Å². The first-order chi connectivity index (χ1) is 7.72. The summed E-state index contributed by atoms with van der Waals surface area (Å²) < 4.78 is 7.10. The summed E-state index contributed by atoms with van der Waals surface area (Å²) in [7, 11) is 0. The molecule has 0 aromatic heterocycles. The number of unbranched alkanes of at least 4 members (excludes halogenated alkanes) is 3. The Hall–Kier alpha value is -0.250. The van der Waals surface area contributed by atoms with Gasteiger partial charge in [-0.05, 0) is 66.6 Å². The van der Waals surface area contributed by atoms with Crippen LogP contribution in [0.15, 0.2) is 24.3 Å². The minimum absolute atomic E-state index is 0.330. The molecule has 1 aromatic carbocycles. The van der Waals surface area contributed by atoms with Gasteiger partial charge in [0.1, 0.15) is 5.75 Å². The van der Waals surface area contributed by atoms with E-state index in [1.807, 2.05) is 12.1 Å². The maximum absolute atomic E-state index is 5.85. The Morgan fingerprint density at radius 1 is 1.12 bits per heavy atom. The van der Waals surface area contributed by atoms with Crippen LogP contribution in [-0.2, 0) is 0 Å². The highest BCUT2D eigenvalue weighted by atomic mass is 127. The van der Waals surface area contributed by atoms with Crippen LogP contribution in [0.4, 0.5) is 0 Å². The lowest BCUT2D eigenvalue weighted by molar-refractivity contribution is 0.206. The lowest BCUT2D eigenvalue weighted by Gasteiger charge is -2.14. The Morgan fingerprint density at radius 2 is 1.81 bits per heavy atom. The zero-order valence-corrected chi connectivity index (χ0v) is 12.4. The van der Waals surface area contributed by atoms with Gasteiger partial charge in [0, 0.05) is 3.57 Å². The second kappa shape index (κ2) is 7.93. The van der Waals surface area contributed by atoms with Crippen molar-refractivity contribution < 1.29 is 4.74 Å². The average molecular weight is 332 g/mol. The molecule has 1 rings (SSSR count). The number of rotatable bonds is 7. The number of hydrogen-bond donors (Lipinski definition) is 0. The molecule has 0 aliphatic rings. The van der Waals surface area contributed by atoms with E-state index in [9.17, 15) is 0 Å². The van der Waals surface area contributed by atoms with E-state index in [1.54, 1.807) is 0 Å². The predicted molar refractivity (Wildman–Crippen MR) is 78.0 cm³/mol. The molecular formula is C14H21IO. The Bertz CT molecular complexity index is 281. The largest absolute Gasteiger partial charge is 0.491 e. The van der Waals surface area contributed by atoms with Crippen LogP contribution < -0.4 is 4.74 Å². The molecule has 1 unspecified atom stereocenters. The van der Waals surface area contributed by atoms with Gasteiger partial charge in [-0.1, -0.05) is 26.2 Å². The summed E-state index contributed by atoms with van der Waals surface area (Å²) in [5, 5.41) is 0. The smallest absolute Gasteiger partial charge is 0.119 e. The molecule has 1 atom stereocenters. The number of ether oxygens (including phenoxy) is 1. The lowest BCUT2D eigenvalue weighted by atomic mass is 10.1. The summed E-state index contributed by atoms with van der Waals surface area (Å²) in [6, 6.07) is 8.26. The van der Waals surface area contributed by atoms with Crippen LogP contribution in [0, 0.1) is 3.57 Å². The fourth-order valence-electron chi connectivity index (χ4n) is 1.66. The molecule has 0 saturated carbocycles. The zero-order chi connectivity index (χ0) is 11.8. The third-order valence-corrected chi connectivity index (χ3v) is 3.33. The van der Waals surface area contributed by atoms with Crippen molar-refractivity contribution in [2.45, 2.75) is 52.1 Å². The third-order valence-electron chi connectivity index (χ3n) is 2.62. The summed E-state index contributed by atoms with van der Waals surface area (Å²) in [6.45, 7) is 4.40. The number of benzene rings is 1. The molecule has 0 bridgehead atoms. The van der Waals surface area contributed by atoms with Gasteiger partial charge in [-0.25, -0.2) is 0 Å². The molecule has 0 aliphatic heterocycles. The molecule has 0 radical (unpaired) electrons. The molecule has 2 heteroatoms. The summed E-state index contributed by atoms with van der Waals surface area (Å²) in [4.78, 5) is 0. The molecule has 0 aliphatic carbocycles. The molecule has 0 saturated heterocycles. The molecular weight excluding hydrogens is 311 g/mol. The molecule has 0 N–H and O–H groups in total. The Balaban J connectivity index is 2.23. The highest BCUT2D eigenvalue weighted by Gasteiger charge is 2.03. The van der Waals surface area contributed by atoms with Crippen molar-refractivity contribution in [2.75, 3.05) is 0 Å². The summed E-state index contributed by atoms with van der Waals surface area (Å²) >= 11 is 2.31. The lowest BCUT2D eigenvalue weighted by Crippen LogP contribution is -2.11. The van der Waals surface area contributed by atoms with Crippen molar-refractivity contribution in [3.8, 4) is 5.75 Å². The Labute approximate surface area is 113 Å². The van der Waals surface area contributed by atoms with Crippen LogP contribution >= 0.6 is 22.6 Å². The molecule has 90 valence electrons. The summed E-state index contributed by atoms with van der Waals surface area (Å²) in [5.41, 5.74) is 0. The highest BCUT2D eigenvalue weighted by molar-refractivity contribution is 14.1. The maximum atomic E-state index is 5.85. The predicted octanol–water partition coefficient (Wildman–Crippen LogP) is 5.03. The van der Waals surface area contributed by atoms with E-state index in [0.29, 0.717) is 6.10 Å². The maximum Gasteiger partial charge on any atom is 0.119 e. The number of halogens is 1. The van der Waals surface area contributed by atoms with Crippen LogP contribution in [0.1, 0.15) is 46.0 Å². The minimum Gasteiger partial charge on any atom is -0.491 e. The van der Waals surface area contributed by atoms with Gasteiger partial charge in [-0.3, -0.25) is 0 Å². The van der Waals surface area contributed by atoms with Crippen LogP contribution in [0.3, 0.4) is 0 Å². The van der Waals surface area contributed by atoms with Crippen molar-refractivity contribution >= 4 is 22.6 Å². The van der Waals surface area contributed by atoms with Crippen molar-refractivity contribution in [1.29, 1.82) is 0 Å². The van der Waals surface area contributed by atoms with Gasteiger partial charge in [0.2, 0.25) is 0 Å². The highest BCUT2D eigenvalue weighted by Crippen LogP contribution is 2.17. The van der Waals surface area contributed by atoms with Gasteiger partial charge in [0.05, 0.1) is 6.10 Å². The second-order valence-electron chi connectivity index (χ2n) is 4.23. The standard InChI is InChI=1S/C14H21IO/c1-3-4-5-6-7-12(2)16-14-10-8-13(15)9-11-14/h8-12H,3-7H2,1-2H3. The van der Waals surface area contributed by atoms with Crippen LogP contribution in [0.2, 0.25) is 0 Å². The topological polar surface area (TPSA) is 9.23 Å². The first kappa shape index (κ1) is 13.8. The van der Waals surface area contributed by atoms with Gasteiger partial charge in [0.15, 0.2) is 0 Å². The van der Waals surface area contributed by atoms with Crippen LogP contribution in [-0.4, -0.2) is 6.10 Å². The van der Waals surface area contributed by atoms with Crippen molar-refractivity contribution in [1.82, 2.24) is 0 Å². The Morgan fingerprint density at radius 3 is 2.44 bits per heavy atom. The third kappa shape index (κ3) is 5.73. The molecule has 0 heterocycles. The Kier molecular flexibility index (Phi) is 6.85. The van der Waals surface area contributed by atoms with E-state index >= 15 is 0 Å². The van der Waals surface area contributed by atoms with Gasteiger partial charge in [-0.2, -0.15) is 0 Å². The van der Waals surface area contributed by atoms with Crippen LogP contribution in [0.5, 0.6) is 5.75 Å². The monoisotopic (exact) mass is 332 g/mol. The van der Waals surface area contributed by atoms with E-state index in [4.69, 9.17) is 4.74 Å². The van der Waals surface area contributed by atoms with E-state index in [1.165, 1.54) is 29.3 Å². The van der Waals surface area contributed by atoms with E-state index < -0.39 is 0 Å². The number of hydrogen-bond acceptors (Lipinski definition) is 1. The minimum atomic E-state index is 0.330. The van der Waals surface area contributed by atoms with Gasteiger partial charge >= 0.3 is 0 Å². The average Bonchev–Trinajstić information content (AvgIpc) is 2.28. The van der Waals surface area contributed by atoms with Crippen LogP contribution in [0.25, 0.3) is 0 Å².